The van der Waals surface area contributed by atoms with E-state index in [1.165, 1.54) is 10.5 Å². The number of carbonyl (C=O) groups is 4. The van der Waals surface area contributed by atoms with Crippen LogP contribution in [-0.4, -0.2) is 69.7 Å². The quantitative estimate of drug-likeness (QED) is 0.337. The highest BCUT2D eigenvalue weighted by atomic mass is 16.4. The third-order valence-electron chi connectivity index (χ3n) is 8.81. The summed E-state index contributed by atoms with van der Waals surface area (Å²) in [5.41, 5.74) is 9.63. The van der Waals surface area contributed by atoms with Gasteiger partial charge in [0.1, 0.15) is 17.9 Å². The van der Waals surface area contributed by atoms with Gasteiger partial charge in [-0.05, 0) is 74.0 Å². The Morgan fingerprint density at radius 2 is 1.42 bits per heavy atom. The van der Waals surface area contributed by atoms with Gasteiger partial charge in [-0.25, -0.2) is 4.79 Å². The van der Waals surface area contributed by atoms with E-state index in [9.17, 15) is 24.3 Å². The molecule has 0 aliphatic carbocycles. The number of benzene rings is 2. The van der Waals surface area contributed by atoms with Gasteiger partial charge >= 0.3 is 5.97 Å². The van der Waals surface area contributed by atoms with Crippen molar-refractivity contribution in [2.45, 2.75) is 96.2 Å². The zero-order valence-electron chi connectivity index (χ0n) is 25.6. The molecule has 232 valence electrons. The number of rotatable bonds is 14. The van der Waals surface area contributed by atoms with Crippen molar-refractivity contribution in [3.05, 3.63) is 71.3 Å². The SMILES string of the molecule is CC(C)CCc1ccc(C[C@H](CC(=O)C[C@@H](N)Cc2ccccc2)C(=O)N2CCC[C@H]2C(=O)N2CCC[C@H]2C(=O)O)cc1. The maximum atomic E-state index is 14.1. The molecule has 2 heterocycles. The van der Waals surface area contributed by atoms with Crippen molar-refractivity contribution in [1.82, 2.24) is 9.80 Å². The smallest absolute Gasteiger partial charge is 0.326 e. The van der Waals surface area contributed by atoms with Gasteiger partial charge in [0.25, 0.3) is 0 Å². The lowest BCUT2D eigenvalue weighted by Crippen LogP contribution is -2.52. The highest BCUT2D eigenvalue weighted by Crippen LogP contribution is 2.28. The summed E-state index contributed by atoms with van der Waals surface area (Å²) < 4.78 is 0. The number of nitrogens with zero attached hydrogens (tertiary/aromatic N) is 2. The number of aryl methyl sites for hydroxylation is 1. The minimum Gasteiger partial charge on any atom is -0.480 e. The first-order valence-corrected chi connectivity index (χ1v) is 15.8. The second-order valence-corrected chi connectivity index (χ2v) is 12.8. The lowest BCUT2D eigenvalue weighted by atomic mass is 9.89. The molecule has 0 bridgehead atoms. The molecule has 2 aromatic carbocycles. The van der Waals surface area contributed by atoms with E-state index >= 15 is 0 Å². The number of carboxylic acid groups (broad SMARTS) is 1. The number of carbonyl (C=O) groups excluding carboxylic acids is 3. The Morgan fingerprint density at radius 3 is 2.07 bits per heavy atom. The van der Waals surface area contributed by atoms with Gasteiger partial charge in [-0.3, -0.25) is 14.4 Å². The first-order valence-electron chi connectivity index (χ1n) is 15.8. The summed E-state index contributed by atoms with van der Waals surface area (Å²) in [6.07, 6.45) is 5.51. The molecule has 8 heteroatoms. The lowest BCUT2D eigenvalue weighted by molar-refractivity contribution is -0.152. The van der Waals surface area contributed by atoms with Crippen LogP contribution in [-0.2, 0) is 38.4 Å². The number of carboxylic acids is 1. The summed E-state index contributed by atoms with van der Waals surface area (Å²) in [4.78, 5) is 55.8. The van der Waals surface area contributed by atoms with Crippen molar-refractivity contribution in [1.29, 1.82) is 0 Å². The Kier molecular flexibility index (Phi) is 11.5. The van der Waals surface area contributed by atoms with Crippen molar-refractivity contribution in [3.8, 4) is 0 Å². The Bertz CT molecular complexity index is 1250. The van der Waals surface area contributed by atoms with E-state index in [2.05, 4.69) is 26.0 Å². The van der Waals surface area contributed by atoms with Crippen molar-refractivity contribution < 1.29 is 24.3 Å². The van der Waals surface area contributed by atoms with Crippen LogP contribution in [0.15, 0.2) is 54.6 Å². The fourth-order valence-corrected chi connectivity index (χ4v) is 6.47. The average molecular weight is 590 g/mol. The van der Waals surface area contributed by atoms with Crippen molar-refractivity contribution >= 4 is 23.6 Å². The first-order chi connectivity index (χ1) is 20.6. The molecule has 2 saturated heterocycles. The zero-order chi connectivity index (χ0) is 30.9. The van der Waals surface area contributed by atoms with Crippen molar-refractivity contribution in [2.24, 2.45) is 17.6 Å². The van der Waals surface area contributed by atoms with Crippen LogP contribution in [0.3, 0.4) is 0 Å². The second kappa shape index (κ2) is 15.3. The van der Waals surface area contributed by atoms with Crippen LogP contribution in [0.25, 0.3) is 0 Å². The number of nitrogens with two attached hydrogens (primary N) is 1. The maximum Gasteiger partial charge on any atom is 0.326 e. The molecule has 0 spiro atoms. The molecule has 4 atom stereocenters. The molecule has 43 heavy (non-hydrogen) atoms. The first kappa shape index (κ1) is 32.4. The topological polar surface area (TPSA) is 121 Å². The predicted octanol–water partition coefficient (Wildman–Crippen LogP) is 4.42. The minimum absolute atomic E-state index is 0.0509. The monoisotopic (exact) mass is 589 g/mol. The van der Waals surface area contributed by atoms with Gasteiger partial charge in [0.2, 0.25) is 11.8 Å². The highest BCUT2D eigenvalue weighted by molar-refractivity contribution is 5.93. The molecule has 2 amide bonds. The van der Waals surface area contributed by atoms with Crippen LogP contribution < -0.4 is 5.73 Å². The molecule has 2 aliphatic heterocycles. The van der Waals surface area contributed by atoms with Crippen LogP contribution in [0, 0.1) is 11.8 Å². The summed E-state index contributed by atoms with van der Waals surface area (Å²) in [6.45, 7) is 5.22. The zero-order valence-corrected chi connectivity index (χ0v) is 25.6. The number of ketones is 1. The van der Waals surface area contributed by atoms with E-state index in [0.29, 0.717) is 57.5 Å². The van der Waals surface area contributed by atoms with Crippen LogP contribution in [0.5, 0.6) is 0 Å². The third-order valence-corrected chi connectivity index (χ3v) is 8.81. The molecule has 3 N–H and O–H groups in total. The molecule has 0 unspecified atom stereocenters. The van der Waals surface area contributed by atoms with Crippen LogP contribution >= 0.6 is 0 Å². The molecule has 8 nitrogen and oxygen atoms in total. The lowest BCUT2D eigenvalue weighted by Gasteiger charge is -2.32. The van der Waals surface area contributed by atoms with Gasteiger partial charge in [0.05, 0.1) is 0 Å². The molecular weight excluding hydrogens is 542 g/mol. The summed E-state index contributed by atoms with van der Waals surface area (Å²) in [5, 5.41) is 9.62. The largest absolute Gasteiger partial charge is 0.480 e. The van der Waals surface area contributed by atoms with E-state index < -0.39 is 24.0 Å². The number of likely N-dealkylation sites (tertiary alicyclic amines) is 2. The molecule has 2 aliphatic rings. The van der Waals surface area contributed by atoms with Gasteiger partial charge < -0.3 is 20.6 Å². The number of hydrogen-bond acceptors (Lipinski definition) is 5. The average Bonchev–Trinajstić information content (AvgIpc) is 3.67. The Hall–Kier alpha value is -3.52. The van der Waals surface area contributed by atoms with Crippen LogP contribution in [0.4, 0.5) is 0 Å². The summed E-state index contributed by atoms with van der Waals surface area (Å²) in [7, 11) is 0. The van der Waals surface area contributed by atoms with Crippen molar-refractivity contribution in [2.75, 3.05) is 13.1 Å². The fraction of sp³-hybridized carbons (Fsp3) is 0.543. The Labute approximate surface area is 255 Å². The molecule has 0 saturated carbocycles. The molecular formula is C35H47N3O5. The molecule has 4 rings (SSSR count). The standard InChI is InChI=1S/C35H47N3O5/c1-24(2)12-13-25-14-16-27(17-15-25)20-28(22-30(39)23-29(36)21-26-8-4-3-5-9-26)33(40)37-18-6-10-31(37)34(41)38-19-7-11-32(38)35(42)43/h3-5,8-9,14-17,24,28-29,31-32H,6-7,10-13,18-23,36H2,1-2H3,(H,42,43)/t28-,29+,31+,32+/m1/s1. The predicted molar refractivity (Wildman–Crippen MR) is 166 cm³/mol. The van der Waals surface area contributed by atoms with Gasteiger partial charge in [-0.2, -0.15) is 0 Å². The normalized spacial score (nSPS) is 19.9. The van der Waals surface area contributed by atoms with E-state index in [1.807, 2.05) is 42.5 Å². The molecule has 2 aromatic rings. The maximum absolute atomic E-state index is 14.1. The van der Waals surface area contributed by atoms with Crippen molar-refractivity contribution in [3.63, 3.8) is 0 Å². The second-order valence-electron chi connectivity index (χ2n) is 12.8. The van der Waals surface area contributed by atoms with Gasteiger partial charge in [-0.15, -0.1) is 0 Å². The van der Waals surface area contributed by atoms with E-state index in [1.54, 1.807) is 4.90 Å². The van der Waals surface area contributed by atoms with Gasteiger partial charge in [-0.1, -0.05) is 68.4 Å². The number of hydrogen-bond donors (Lipinski definition) is 2. The molecule has 0 aromatic heterocycles. The van der Waals surface area contributed by atoms with E-state index in [4.69, 9.17) is 5.73 Å². The number of Topliss-reactive ketones (excluding diaryl/α,β-unsaturated/α-hetero) is 1. The number of aliphatic carboxylic acids is 1. The Balaban J connectivity index is 1.48. The summed E-state index contributed by atoms with van der Waals surface area (Å²) in [6, 6.07) is 16.2. The minimum atomic E-state index is -1.01. The van der Waals surface area contributed by atoms with E-state index in [-0.39, 0.29) is 36.5 Å². The summed E-state index contributed by atoms with van der Waals surface area (Å²) in [5.74, 6) is -1.59. The Morgan fingerprint density at radius 1 is 0.814 bits per heavy atom. The summed E-state index contributed by atoms with van der Waals surface area (Å²) >= 11 is 0. The van der Waals surface area contributed by atoms with Gasteiger partial charge in [0, 0.05) is 37.9 Å². The number of amides is 2. The van der Waals surface area contributed by atoms with Crippen LogP contribution in [0.2, 0.25) is 0 Å². The molecule has 0 radical (unpaired) electrons. The van der Waals surface area contributed by atoms with Gasteiger partial charge in [0.15, 0.2) is 0 Å². The third kappa shape index (κ3) is 8.99. The van der Waals surface area contributed by atoms with Crippen LogP contribution in [0.1, 0.15) is 75.5 Å². The fourth-order valence-electron chi connectivity index (χ4n) is 6.47. The van der Waals surface area contributed by atoms with E-state index in [0.717, 1.165) is 24.0 Å². The highest BCUT2D eigenvalue weighted by Gasteiger charge is 2.43. The molecule has 2 fully saturated rings.